The van der Waals surface area contributed by atoms with Crippen LogP contribution in [0.2, 0.25) is 0 Å². The van der Waals surface area contributed by atoms with Crippen LogP contribution in [-0.4, -0.2) is 46.4 Å². The Kier molecular flexibility index (Phi) is 4.47. The molecule has 0 saturated heterocycles. The SMILES string of the molecule is Cn1cc(S(=O)(=O)N[C@@H](CO)C(=O)O)c(=O)n(C)c1=O. The first-order valence-corrected chi connectivity index (χ1v) is 6.72. The predicted octanol–water partition coefficient (Wildman–Crippen LogP) is -3.19. The van der Waals surface area contributed by atoms with Crippen molar-refractivity contribution in [1.82, 2.24) is 13.9 Å². The van der Waals surface area contributed by atoms with Crippen LogP contribution in [-0.2, 0) is 28.9 Å². The lowest BCUT2D eigenvalue weighted by atomic mass is 10.3. The molecule has 0 aliphatic rings. The van der Waals surface area contributed by atoms with Gasteiger partial charge < -0.3 is 14.8 Å². The highest BCUT2D eigenvalue weighted by Crippen LogP contribution is 2.01. The van der Waals surface area contributed by atoms with Crippen molar-refractivity contribution in [3.05, 3.63) is 27.0 Å². The third-order valence-electron chi connectivity index (χ3n) is 2.48. The van der Waals surface area contributed by atoms with E-state index in [1.165, 1.54) is 7.05 Å². The Balaban J connectivity index is 3.41. The predicted molar refractivity (Wildman–Crippen MR) is 65.8 cm³/mol. The standard InChI is InChI=1S/C9H13N3O7S/c1-11-3-6(7(14)12(2)9(11)17)20(18,19)10-5(4-13)8(15)16/h3,5,10,13H,4H2,1-2H3,(H,15,16)/t5-/m0/s1. The van der Waals surface area contributed by atoms with Crippen LogP contribution in [0.25, 0.3) is 0 Å². The normalized spacial score (nSPS) is 13.2. The third-order valence-corrected chi connectivity index (χ3v) is 3.94. The Bertz CT molecular complexity index is 746. The second kappa shape index (κ2) is 5.56. The van der Waals surface area contributed by atoms with Crippen LogP contribution < -0.4 is 16.0 Å². The van der Waals surface area contributed by atoms with E-state index in [1.54, 1.807) is 4.72 Å². The van der Waals surface area contributed by atoms with Crippen LogP contribution >= 0.6 is 0 Å². The van der Waals surface area contributed by atoms with Gasteiger partial charge in [0.1, 0.15) is 6.04 Å². The van der Waals surface area contributed by atoms with Crippen molar-refractivity contribution in [2.24, 2.45) is 14.1 Å². The highest BCUT2D eigenvalue weighted by molar-refractivity contribution is 7.89. The van der Waals surface area contributed by atoms with Crippen molar-refractivity contribution in [3.8, 4) is 0 Å². The van der Waals surface area contributed by atoms with Gasteiger partial charge in [-0.2, -0.15) is 4.72 Å². The summed E-state index contributed by atoms with van der Waals surface area (Å²) in [5.74, 6) is -1.60. The van der Waals surface area contributed by atoms with Gasteiger partial charge in [0.05, 0.1) is 6.61 Å². The van der Waals surface area contributed by atoms with Crippen molar-refractivity contribution in [3.63, 3.8) is 0 Å². The molecule has 3 N–H and O–H groups in total. The van der Waals surface area contributed by atoms with E-state index >= 15 is 0 Å². The quantitative estimate of drug-likeness (QED) is 0.519. The van der Waals surface area contributed by atoms with Gasteiger partial charge in [-0.15, -0.1) is 0 Å². The summed E-state index contributed by atoms with van der Waals surface area (Å²) in [7, 11) is -2.17. The van der Waals surface area contributed by atoms with Gasteiger partial charge in [-0.25, -0.2) is 13.2 Å². The second-order valence-corrected chi connectivity index (χ2v) is 5.63. The summed E-state index contributed by atoms with van der Waals surface area (Å²) in [6, 6.07) is -1.79. The lowest BCUT2D eigenvalue weighted by Crippen LogP contribution is -2.47. The molecule has 0 fully saturated rings. The van der Waals surface area contributed by atoms with E-state index in [0.717, 1.165) is 17.8 Å². The van der Waals surface area contributed by atoms with Crippen molar-refractivity contribution in [2.45, 2.75) is 10.9 Å². The first-order chi connectivity index (χ1) is 9.11. The number of aliphatic hydroxyl groups is 1. The van der Waals surface area contributed by atoms with Crippen LogP contribution in [0.4, 0.5) is 0 Å². The molecule has 1 heterocycles. The molecule has 0 aliphatic carbocycles. The van der Waals surface area contributed by atoms with Gasteiger partial charge in [-0.3, -0.25) is 14.2 Å². The Morgan fingerprint density at radius 1 is 1.40 bits per heavy atom. The molecule has 0 amide bonds. The number of nitrogens with zero attached hydrogens (tertiary/aromatic N) is 2. The Morgan fingerprint density at radius 2 is 1.95 bits per heavy atom. The number of nitrogens with one attached hydrogen (secondary N) is 1. The van der Waals surface area contributed by atoms with E-state index in [4.69, 9.17) is 10.2 Å². The molecular weight excluding hydrogens is 294 g/mol. The fraction of sp³-hybridized carbons (Fsp3) is 0.444. The molecule has 1 aromatic rings. The van der Waals surface area contributed by atoms with Gasteiger partial charge in [0.2, 0.25) is 10.0 Å². The molecule has 0 aliphatic heterocycles. The van der Waals surface area contributed by atoms with E-state index in [-0.39, 0.29) is 0 Å². The zero-order valence-electron chi connectivity index (χ0n) is 10.6. The first-order valence-electron chi connectivity index (χ1n) is 5.24. The Labute approximate surface area is 112 Å². The number of sulfonamides is 1. The minimum absolute atomic E-state index is 0.573. The zero-order valence-corrected chi connectivity index (χ0v) is 11.4. The number of carbonyl (C=O) groups is 1. The number of aliphatic hydroxyl groups excluding tert-OH is 1. The van der Waals surface area contributed by atoms with Gasteiger partial charge in [0, 0.05) is 20.3 Å². The summed E-state index contributed by atoms with van der Waals surface area (Å²) >= 11 is 0. The van der Waals surface area contributed by atoms with Crippen LogP contribution in [0, 0.1) is 0 Å². The second-order valence-electron chi connectivity index (χ2n) is 3.95. The summed E-state index contributed by atoms with van der Waals surface area (Å²) in [4.78, 5) is 33.1. The van der Waals surface area contributed by atoms with E-state index < -0.39 is 44.8 Å². The number of carboxylic acids is 1. The third kappa shape index (κ3) is 2.95. The molecule has 11 heteroatoms. The van der Waals surface area contributed by atoms with Gasteiger partial charge in [-0.05, 0) is 0 Å². The minimum atomic E-state index is -4.49. The Hall–Kier alpha value is -1.98. The summed E-state index contributed by atoms with van der Waals surface area (Å²) in [5, 5.41) is 17.5. The smallest absolute Gasteiger partial charge is 0.330 e. The number of rotatable bonds is 5. The number of aryl methyl sites for hydroxylation is 1. The molecule has 0 unspecified atom stereocenters. The first kappa shape index (κ1) is 16.1. The summed E-state index contributed by atoms with van der Waals surface area (Å²) in [6.45, 7) is -0.985. The lowest BCUT2D eigenvalue weighted by Gasteiger charge is -2.13. The number of aromatic nitrogens is 2. The van der Waals surface area contributed by atoms with Crippen molar-refractivity contribution >= 4 is 16.0 Å². The van der Waals surface area contributed by atoms with E-state index in [0.29, 0.717) is 4.57 Å². The molecule has 112 valence electrons. The fourth-order valence-corrected chi connectivity index (χ4v) is 2.72. The topological polar surface area (TPSA) is 148 Å². The van der Waals surface area contributed by atoms with Gasteiger partial charge in [-0.1, -0.05) is 0 Å². The minimum Gasteiger partial charge on any atom is -0.480 e. The largest absolute Gasteiger partial charge is 0.480 e. The van der Waals surface area contributed by atoms with Crippen LogP contribution in [0.1, 0.15) is 0 Å². The van der Waals surface area contributed by atoms with Gasteiger partial charge in [0.25, 0.3) is 5.56 Å². The number of carboxylic acid groups (broad SMARTS) is 1. The van der Waals surface area contributed by atoms with E-state index in [9.17, 15) is 22.8 Å². The van der Waals surface area contributed by atoms with Crippen LogP contribution in [0.3, 0.4) is 0 Å². The monoisotopic (exact) mass is 307 g/mol. The molecule has 0 radical (unpaired) electrons. The fourth-order valence-electron chi connectivity index (χ4n) is 1.38. The molecule has 1 atom stereocenters. The summed E-state index contributed by atoms with van der Waals surface area (Å²) < 4.78 is 27.0. The maximum atomic E-state index is 11.9. The average Bonchev–Trinajstić information content (AvgIpc) is 2.37. The lowest BCUT2D eigenvalue weighted by molar-refractivity contribution is -0.139. The molecule has 20 heavy (non-hydrogen) atoms. The molecule has 1 rings (SSSR count). The molecule has 0 saturated carbocycles. The average molecular weight is 307 g/mol. The molecular formula is C9H13N3O7S. The molecule has 0 aromatic carbocycles. The number of hydrogen-bond acceptors (Lipinski definition) is 6. The number of aliphatic carboxylic acids is 1. The van der Waals surface area contributed by atoms with Crippen LogP contribution in [0.15, 0.2) is 20.7 Å². The maximum Gasteiger partial charge on any atom is 0.330 e. The molecule has 0 spiro atoms. The van der Waals surface area contributed by atoms with Gasteiger partial charge >= 0.3 is 11.7 Å². The van der Waals surface area contributed by atoms with Gasteiger partial charge in [0.15, 0.2) is 4.90 Å². The molecule has 0 bridgehead atoms. The van der Waals surface area contributed by atoms with Crippen molar-refractivity contribution < 1.29 is 23.4 Å². The summed E-state index contributed by atoms with van der Waals surface area (Å²) in [5.41, 5.74) is -1.83. The maximum absolute atomic E-state index is 11.9. The Morgan fingerprint density at radius 3 is 2.40 bits per heavy atom. The van der Waals surface area contributed by atoms with Crippen molar-refractivity contribution in [1.29, 1.82) is 0 Å². The van der Waals surface area contributed by atoms with E-state index in [2.05, 4.69) is 0 Å². The van der Waals surface area contributed by atoms with Crippen molar-refractivity contribution in [2.75, 3.05) is 6.61 Å². The van der Waals surface area contributed by atoms with E-state index in [1.807, 2.05) is 0 Å². The van der Waals surface area contributed by atoms with Crippen LogP contribution in [0.5, 0.6) is 0 Å². The molecule has 10 nitrogen and oxygen atoms in total. The molecule has 1 aromatic heterocycles. The highest BCUT2D eigenvalue weighted by atomic mass is 32.2. The number of hydrogen-bond donors (Lipinski definition) is 3. The summed E-state index contributed by atoms with van der Waals surface area (Å²) in [6.07, 6.45) is 0.781. The zero-order chi connectivity index (χ0) is 15.7. The highest BCUT2D eigenvalue weighted by Gasteiger charge is 2.28.